The molecule has 1 aliphatic rings. The highest BCUT2D eigenvalue weighted by molar-refractivity contribution is 6.31. The largest absolute Gasteiger partial charge is 0.337 e. The summed E-state index contributed by atoms with van der Waals surface area (Å²) in [5, 5.41) is 14.1. The van der Waals surface area contributed by atoms with Gasteiger partial charge in [-0.15, -0.1) is 0 Å². The Labute approximate surface area is 121 Å². The molecule has 1 saturated heterocycles. The van der Waals surface area contributed by atoms with Crippen molar-refractivity contribution in [3.05, 3.63) is 38.9 Å². The number of carbonyl (C=O) groups excluding carboxylic acids is 1. The normalized spacial score (nSPS) is 18.9. The van der Waals surface area contributed by atoms with Crippen LogP contribution in [0.3, 0.4) is 0 Å². The van der Waals surface area contributed by atoms with E-state index in [-0.39, 0.29) is 29.1 Å². The minimum absolute atomic E-state index is 0.00486. The number of amides is 1. The van der Waals surface area contributed by atoms with Crippen molar-refractivity contribution in [1.82, 2.24) is 10.2 Å². The van der Waals surface area contributed by atoms with Gasteiger partial charge in [-0.1, -0.05) is 17.7 Å². The molecule has 108 valence electrons. The van der Waals surface area contributed by atoms with E-state index in [1.165, 1.54) is 12.1 Å². The van der Waals surface area contributed by atoms with Crippen LogP contribution in [-0.2, 0) is 11.2 Å². The molecule has 20 heavy (non-hydrogen) atoms. The van der Waals surface area contributed by atoms with Crippen molar-refractivity contribution in [3.63, 3.8) is 0 Å². The first-order valence-electron chi connectivity index (χ1n) is 6.42. The van der Waals surface area contributed by atoms with Crippen LogP contribution in [0.25, 0.3) is 0 Å². The third kappa shape index (κ3) is 3.26. The Hall–Kier alpha value is -1.66. The number of benzene rings is 1. The highest BCUT2D eigenvalue weighted by Crippen LogP contribution is 2.23. The summed E-state index contributed by atoms with van der Waals surface area (Å²) < 4.78 is 0. The number of nitro groups is 1. The number of halogens is 1. The number of nitrogens with zero attached hydrogens (tertiary/aromatic N) is 2. The molecule has 0 unspecified atom stereocenters. The maximum absolute atomic E-state index is 12.3. The van der Waals surface area contributed by atoms with Crippen LogP contribution in [0.4, 0.5) is 5.69 Å². The van der Waals surface area contributed by atoms with E-state index in [1.807, 2.05) is 11.8 Å². The lowest BCUT2D eigenvalue weighted by Gasteiger charge is -2.34. The Balaban J connectivity index is 2.09. The lowest BCUT2D eigenvalue weighted by atomic mass is 10.1. The molecule has 0 bridgehead atoms. The van der Waals surface area contributed by atoms with Gasteiger partial charge in [0.2, 0.25) is 5.91 Å². The van der Waals surface area contributed by atoms with Crippen LogP contribution in [0.5, 0.6) is 0 Å². The van der Waals surface area contributed by atoms with Crippen LogP contribution < -0.4 is 5.32 Å². The molecule has 1 amide bonds. The summed E-state index contributed by atoms with van der Waals surface area (Å²) in [5.41, 5.74) is 0.551. The molecule has 0 aromatic heterocycles. The van der Waals surface area contributed by atoms with Gasteiger partial charge in [-0.3, -0.25) is 14.9 Å². The topological polar surface area (TPSA) is 75.5 Å². The second-order valence-corrected chi connectivity index (χ2v) is 5.26. The van der Waals surface area contributed by atoms with E-state index in [0.29, 0.717) is 12.1 Å². The molecule has 0 spiro atoms. The van der Waals surface area contributed by atoms with Crippen molar-refractivity contribution in [3.8, 4) is 0 Å². The molecule has 1 N–H and O–H groups in total. The average Bonchev–Trinajstić information content (AvgIpc) is 2.41. The fraction of sp³-hybridized carbons (Fsp3) is 0.462. The van der Waals surface area contributed by atoms with E-state index in [1.54, 1.807) is 6.07 Å². The fourth-order valence-corrected chi connectivity index (χ4v) is 2.51. The van der Waals surface area contributed by atoms with E-state index in [2.05, 4.69) is 5.32 Å². The van der Waals surface area contributed by atoms with E-state index < -0.39 is 4.92 Å². The summed E-state index contributed by atoms with van der Waals surface area (Å²) in [6, 6.07) is 4.35. The highest BCUT2D eigenvalue weighted by Gasteiger charge is 2.23. The van der Waals surface area contributed by atoms with Crippen molar-refractivity contribution >= 4 is 23.2 Å². The molecular formula is C13H16ClN3O3. The Bertz CT molecular complexity index is 536. The molecule has 1 atom stereocenters. The zero-order valence-electron chi connectivity index (χ0n) is 11.1. The quantitative estimate of drug-likeness (QED) is 0.679. The van der Waals surface area contributed by atoms with Gasteiger partial charge in [0.15, 0.2) is 0 Å². The zero-order valence-corrected chi connectivity index (χ0v) is 11.9. The number of hydrogen-bond acceptors (Lipinski definition) is 4. The third-order valence-electron chi connectivity index (χ3n) is 3.41. The van der Waals surface area contributed by atoms with Gasteiger partial charge in [0, 0.05) is 37.8 Å². The van der Waals surface area contributed by atoms with Gasteiger partial charge in [0.1, 0.15) is 0 Å². The third-order valence-corrected chi connectivity index (χ3v) is 3.76. The van der Waals surface area contributed by atoms with Gasteiger partial charge in [-0.2, -0.15) is 0 Å². The fourth-order valence-electron chi connectivity index (χ4n) is 2.27. The summed E-state index contributed by atoms with van der Waals surface area (Å²) in [5.74, 6) is -0.00486. The Morgan fingerprint density at radius 1 is 1.60 bits per heavy atom. The molecule has 0 aliphatic carbocycles. The molecule has 1 aromatic rings. The van der Waals surface area contributed by atoms with Gasteiger partial charge in [0.05, 0.1) is 16.4 Å². The maximum Gasteiger partial charge on any atom is 0.270 e. The summed E-state index contributed by atoms with van der Waals surface area (Å²) >= 11 is 6.01. The molecule has 1 aliphatic heterocycles. The van der Waals surface area contributed by atoms with Gasteiger partial charge in [0.25, 0.3) is 5.69 Å². The molecule has 6 nitrogen and oxygen atoms in total. The Kier molecular flexibility index (Phi) is 4.57. The molecular weight excluding hydrogens is 282 g/mol. The number of hydrogen-bond donors (Lipinski definition) is 1. The van der Waals surface area contributed by atoms with Crippen molar-refractivity contribution < 1.29 is 9.72 Å². The first-order chi connectivity index (χ1) is 9.49. The zero-order chi connectivity index (χ0) is 14.7. The summed E-state index contributed by atoms with van der Waals surface area (Å²) in [6.45, 7) is 4.22. The second kappa shape index (κ2) is 6.19. The minimum Gasteiger partial charge on any atom is -0.337 e. The monoisotopic (exact) mass is 297 g/mol. The smallest absolute Gasteiger partial charge is 0.270 e. The van der Waals surface area contributed by atoms with E-state index in [9.17, 15) is 14.9 Å². The van der Waals surface area contributed by atoms with Crippen LogP contribution >= 0.6 is 11.6 Å². The van der Waals surface area contributed by atoms with Gasteiger partial charge in [-0.05, 0) is 12.5 Å². The number of nitrogens with one attached hydrogen (secondary N) is 1. The molecule has 2 rings (SSSR count). The molecule has 0 saturated carbocycles. The number of non-ortho nitro benzene ring substituents is 1. The lowest BCUT2D eigenvalue weighted by molar-refractivity contribution is -0.384. The van der Waals surface area contributed by atoms with E-state index >= 15 is 0 Å². The molecule has 1 aromatic carbocycles. The SMILES string of the molecule is C[C@@H]1CNCCN1C(=O)Cc1ccc([N+](=O)[O-])cc1Cl. The van der Waals surface area contributed by atoms with E-state index in [0.717, 1.165) is 13.1 Å². The maximum atomic E-state index is 12.3. The number of rotatable bonds is 3. The van der Waals surface area contributed by atoms with Gasteiger partial charge in [-0.25, -0.2) is 0 Å². The van der Waals surface area contributed by atoms with Gasteiger partial charge >= 0.3 is 0 Å². The Morgan fingerprint density at radius 3 is 2.95 bits per heavy atom. The van der Waals surface area contributed by atoms with Gasteiger partial charge < -0.3 is 10.2 Å². The molecule has 7 heteroatoms. The van der Waals surface area contributed by atoms with Crippen LogP contribution in [0.2, 0.25) is 5.02 Å². The lowest BCUT2D eigenvalue weighted by Crippen LogP contribution is -2.52. The summed E-state index contributed by atoms with van der Waals surface area (Å²) in [6.07, 6.45) is 0.168. The van der Waals surface area contributed by atoms with Crippen molar-refractivity contribution in [2.24, 2.45) is 0 Å². The van der Waals surface area contributed by atoms with Crippen LogP contribution in [0.1, 0.15) is 12.5 Å². The molecule has 1 heterocycles. The van der Waals surface area contributed by atoms with Crippen LogP contribution in [0.15, 0.2) is 18.2 Å². The van der Waals surface area contributed by atoms with Crippen molar-refractivity contribution in [1.29, 1.82) is 0 Å². The molecule has 0 radical (unpaired) electrons. The van der Waals surface area contributed by atoms with Crippen LogP contribution in [-0.4, -0.2) is 41.4 Å². The van der Waals surface area contributed by atoms with E-state index in [4.69, 9.17) is 11.6 Å². The summed E-state index contributed by atoms with van der Waals surface area (Å²) in [4.78, 5) is 24.2. The average molecular weight is 298 g/mol. The van der Waals surface area contributed by atoms with Crippen molar-refractivity contribution in [2.75, 3.05) is 19.6 Å². The summed E-state index contributed by atoms with van der Waals surface area (Å²) in [7, 11) is 0. The minimum atomic E-state index is -0.504. The second-order valence-electron chi connectivity index (χ2n) is 4.85. The first-order valence-corrected chi connectivity index (χ1v) is 6.80. The number of piperazine rings is 1. The highest BCUT2D eigenvalue weighted by atomic mass is 35.5. The molecule has 1 fully saturated rings. The first kappa shape index (κ1) is 14.7. The predicted octanol–water partition coefficient (Wildman–Crippen LogP) is 1.61. The predicted molar refractivity (Wildman–Crippen MR) is 75.9 cm³/mol. The van der Waals surface area contributed by atoms with Crippen molar-refractivity contribution in [2.45, 2.75) is 19.4 Å². The van der Waals surface area contributed by atoms with Crippen LogP contribution in [0, 0.1) is 10.1 Å². The number of nitro benzene ring substituents is 1. The number of carbonyl (C=O) groups is 1. The Morgan fingerprint density at radius 2 is 2.35 bits per heavy atom. The standard InChI is InChI=1S/C13H16ClN3O3/c1-9-8-15-4-5-16(9)13(18)6-10-2-3-11(17(19)20)7-12(10)14/h2-3,7,9,15H,4-6,8H2,1H3/t9-/m1/s1.